The Kier molecular flexibility index (Phi) is 3.29. The second-order valence-electron chi connectivity index (χ2n) is 4.48. The molecule has 1 aromatic rings. The molecule has 0 unspecified atom stereocenters. The average molecular weight is 267 g/mol. The Labute approximate surface area is 109 Å². The van der Waals surface area contributed by atoms with Crippen LogP contribution in [-0.2, 0) is 10.0 Å². The number of sulfonamides is 1. The third-order valence-corrected chi connectivity index (χ3v) is 5.20. The van der Waals surface area contributed by atoms with Crippen molar-refractivity contribution in [3.05, 3.63) is 29.8 Å². The molecular formula is C13H19N2O2S+. The number of hydrogen-bond acceptors (Lipinski definition) is 2. The number of nitrogens with zero attached hydrogens (tertiary/aromatic N) is 2. The van der Waals surface area contributed by atoms with E-state index >= 15 is 0 Å². The van der Waals surface area contributed by atoms with Gasteiger partial charge in [0.05, 0.1) is 25.2 Å². The molecule has 0 saturated heterocycles. The molecule has 0 bridgehead atoms. The molecule has 0 aliphatic carbocycles. The summed E-state index contributed by atoms with van der Waals surface area (Å²) in [5.41, 5.74) is 0.767. The molecule has 0 spiro atoms. The van der Waals surface area contributed by atoms with E-state index in [0.29, 0.717) is 15.2 Å². The first kappa shape index (κ1) is 13.2. The van der Waals surface area contributed by atoms with Crippen molar-refractivity contribution >= 4 is 15.9 Å². The van der Waals surface area contributed by atoms with Gasteiger partial charge in [-0.25, -0.2) is 0 Å². The molecule has 0 saturated carbocycles. The van der Waals surface area contributed by atoms with E-state index in [9.17, 15) is 8.42 Å². The Morgan fingerprint density at radius 1 is 1.06 bits per heavy atom. The average Bonchev–Trinajstić information content (AvgIpc) is 2.66. The Hall–Kier alpha value is -1.20. The highest BCUT2D eigenvalue weighted by molar-refractivity contribution is 7.90. The number of benzene rings is 1. The van der Waals surface area contributed by atoms with Crippen molar-refractivity contribution in [3.8, 4) is 0 Å². The minimum atomic E-state index is -3.50. The summed E-state index contributed by atoms with van der Waals surface area (Å²) in [5, 5.41) is 0. The maximum Gasteiger partial charge on any atom is 0.288 e. The first-order valence-electron chi connectivity index (χ1n) is 6.31. The van der Waals surface area contributed by atoms with Gasteiger partial charge in [0.15, 0.2) is 0 Å². The highest BCUT2D eigenvalue weighted by Gasteiger charge is 2.40. The zero-order valence-corrected chi connectivity index (χ0v) is 11.9. The van der Waals surface area contributed by atoms with Crippen molar-refractivity contribution in [2.75, 3.05) is 19.6 Å². The van der Waals surface area contributed by atoms with Gasteiger partial charge in [-0.1, -0.05) is 12.1 Å². The lowest BCUT2D eigenvalue weighted by molar-refractivity contribution is -0.835. The zero-order chi connectivity index (χ0) is 13.4. The largest absolute Gasteiger partial charge is 0.288 e. The number of amidine groups is 1. The van der Waals surface area contributed by atoms with Crippen LogP contribution in [0.1, 0.15) is 26.3 Å². The van der Waals surface area contributed by atoms with Crippen molar-refractivity contribution < 1.29 is 12.9 Å². The highest BCUT2D eigenvalue weighted by Crippen LogP contribution is 2.30. The van der Waals surface area contributed by atoms with Crippen molar-refractivity contribution in [3.63, 3.8) is 0 Å². The predicted octanol–water partition coefficient (Wildman–Crippen LogP) is 2.01. The second kappa shape index (κ2) is 4.48. The smallest absolute Gasteiger partial charge is 0.274 e. The van der Waals surface area contributed by atoms with Crippen LogP contribution < -0.4 is 0 Å². The Balaban J connectivity index is 2.68. The van der Waals surface area contributed by atoms with E-state index in [-0.39, 0.29) is 0 Å². The van der Waals surface area contributed by atoms with E-state index in [4.69, 9.17) is 0 Å². The minimum Gasteiger partial charge on any atom is -0.274 e. The molecule has 1 heterocycles. The summed E-state index contributed by atoms with van der Waals surface area (Å²) in [6.07, 6.45) is 0. The lowest BCUT2D eigenvalue weighted by atomic mass is 10.1. The first-order valence-corrected chi connectivity index (χ1v) is 7.75. The van der Waals surface area contributed by atoms with Gasteiger partial charge in [0, 0.05) is 0 Å². The molecular weight excluding hydrogens is 248 g/mol. The first-order chi connectivity index (χ1) is 8.50. The fourth-order valence-corrected chi connectivity index (χ4v) is 3.84. The van der Waals surface area contributed by atoms with Gasteiger partial charge in [-0.2, -0.15) is 8.42 Å². The van der Waals surface area contributed by atoms with Gasteiger partial charge in [0.25, 0.3) is 10.0 Å². The lowest BCUT2D eigenvalue weighted by Gasteiger charge is -2.34. The Morgan fingerprint density at radius 3 is 2.17 bits per heavy atom. The molecule has 1 aromatic carbocycles. The van der Waals surface area contributed by atoms with E-state index in [2.05, 4.69) is 25.2 Å². The number of quaternary nitrogens is 1. The van der Waals surface area contributed by atoms with Crippen LogP contribution in [0.15, 0.2) is 33.6 Å². The maximum absolute atomic E-state index is 12.1. The Bertz CT molecular complexity index is 578. The second-order valence-corrected chi connectivity index (χ2v) is 6.05. The van der Waals surface area contributed by atoms with Crippen LogP contribution in [0.2, 0.25) is 0 Å². The van der Waals surface area contributed by atoms with Gasteiger partial charge < -0.3 is 0 Å². The molecule has 4 nitrogen and oxygen atoms in total. The summed E-state index contributed by atoms with van der Waals surface area (Å²) in [4.78, 5) is 0.345. The van der Waals surface area contributed by atoms with Gasteiger partial charge >= 0.3 is 0 Å². The quantitative estimate of drug-likeness (QED) is 0.786. The van der Waals surface area contributed by atoms with Gasteiger partial charge in [-0.15, -0.1) is 4.40 Å². The fourth-order valence-electron chi connectivity index (χ4n) is 2.55. The van der Waals surface area contributed by atoms with Gasteiger partial charge in [-0.05, 0) is 32.9 Å². The predicted molar refractivity (Wildman–Crippen MR) is 72.0 cm³/mol. The summed E-state index contributed by atoms with van der Waals surface area (Å²) < 4.78 is 28.8. The molecule has 5 heteroatoms. The SMILES string of the molecule is CC[N+](CC)(CC)C1=NS(=O)(=O)c2ccccc21. The van der Waals surface area contributed by atoms with E-state index in [1.165, 1.54) is 0 Å². The molecule has 98 valence electrons. The molecule has 1 aliphatic rings. The summed E-state index contributed by atoms with van der Waals surface area (Å²) >= 11 is 0. The monoisotopic (exact) mass is 267 g/mol. The topological polar surface area (TPSA) is 46.5 Å². The standard InChI is InChI=1S/C13H19N2O2S/c1-4-15(5-2,6-3)13-11-9-7-8-10-12(11)18(16,17)14-13/h7-10H,4-6H2,1-3H3/q+1. The molecule has 0 fully saturated rings. The molecule has 0 amide bonds. The molecule has 18 heavy (non-hydrogen) atoms. The normalized spacial score (nSPS) is 17.4. The van der Waals surface area contributed by atoms with Crippen LogP contribution in [0, 0.1) is 0 Å². The van der Waals surface area contributed by atoms with Gasteiger partial charge in [0.1, 0.15) is 4.90 Å². The third kappa shape index (κ3) is 1.78. The number of hydrogen-bond donors (Lipinski definition) is 0. The number of rotatable bonds is 3. The molecule has 0 atom stereocenters. The molecule has 1 aliphatic heterocycles. The fraction of sp³-hybridized carbons (Fsp3) is 0.462. The summed E-state index contributed by atoms with van der Waals surface area (Å²) in [7, 11) is -3.50. The van der Waals surface area contributed by atoms with Crippen LogP contribution in [0.3, 0.4) is 0 Å². The van der Waals surface area contributed by atoms with Crippen LogP contribution in [0.4, 0.5) is 0 Å². The molecule has 2 rings (SSSR count). The summed E-state index contributed by atoms with van der Waals surface area (Å²) in [6.45, 7) is 8.75. The van der Waals surface area contributed by atoms with Crippen LogP contribution in [0.25, 0.3) is 0 Å². The van der Waals surface area contributed by atoms with Crippen molar-refractivity contribution in [1.82, 2.24) is 0 Å². The summed E-state index contributed by atoms with van der Waals surface area (Å²) in [6, 6.07) is 7.10. The highest BCUT2D eigenvalue weighted by atomic mass is 32.2. The minimum absolute atomic E-state index is 0.345. The van der Waals surface area contributed by atoms with Gasteiger partial charge in [-0.3, -0.25) is 4.48 Å². The maximum atomic E-state index is 12.1. The van der Waals surface area contributed by atoms with Crippen molar-refractivity contribution in [2.24, 2.45) is 4.40 Å². The van der Waals surface area contributed by atoms with Crippen LogP contribution in [0.5, 0.6) is 0 Å². The molecule has 0 radical (unpaired) electrons. The lowest BCUT2D eigenvalue weighted by Crippen LogP contribution is -2.52. The van der Waals surface area contributed by atoms with Crippen molar-refractivity contribution in [1.29, 1.82) is 0 Å². The van der Waals surface area contributed by atoms with E-state index < -0.39 is 10.0 Å². The summed E-state index contributed by atoms with van der Waals surface area (Å²) in [5.74, 6) is 0.693. The van der Waals surface area contributed by atoms with Crippen molar-refractivity contribution in [2.45, 2.75) is 25.7 Å². The van der Waals surface area contributed by atoms with E-state index in [1.807, 2.05) is 12.1 Å². The molecule has 0 aromatic heterocycles. The Morgan fingerprint density at radius 2 is 1.61 bits per heavy atom. The van der Waals surface area contributed by atoms with Gasteiger partial charge in [0.2, 0.25) is 5.84 Å². The van der Waals surface area contributed by atoms with E-state index in [0.717, 1.165) is 25.2 Å². The van der Waals surface area contributed by atoms with Crippen LogP contribution in [-0.4, -0.2) is 38.4 Å². The van der Waals surface area contributed by atoms with Crippen LogP contribution >= 0.6 is 0 Å². The third-order valence-electron chi connectivity index (χ3n) is 3.88. The van der Waals surface area contributed by atoms with E-state index in [1.54, 1.807) is 12.1 Å². The zero-order valence-electron chi connectivity index (χ0n) is 11.0. The molecule has 0 N–H and O–H groups in total. The number of fused-ring (bicyclic) bond motifs is 1.